The van der Waals surface area contributed by atoms with Crippen molar-refractivity contribution in [2.24, 2.45) is 17.1 Å². The van der Waals surface area contributed by atoms with E-state index in [4.69, 9.17) is 5.73 Å². The minimum Gasteiger partial charge on any atom is -0.329 e. The number of nitrogens with one attached hydrogen (secondary N) is 1. The fourth-order valence-electron chi connectivity index (χ4n) is 2.93. The van der Waals surface area contributed by atoms with Crippen molar-refractivity contribution in [3.8, 4) is 0 Å². The van der Waals surface area contributed by atoms with Gasteiger partial charge in [0.05, 0.1) is 5.41 Å². The molecule has 2 rings (SSSR count). The van der Waals surface area contributed by atoms with Gasteiger partial charge in [-0.1, -0.05) is 26.0 Å². The normalized spacial score (nSPS) is 26.2. The van der Waals surface area contributed by atoms with Crippen LogP contribution in [-0.4, -0.2) is 12.5 Å². The molecule has 110 valence electrons. The van der Waals surface area contributed by atoms with E-state index in [1.807, 2.05) is 12.1 Å². The summed E-state index contributed by atoms with van der Waals surface area (Å²) >= 11 is 0. The summed E-state index contributed by atoms with van der Waals surface area (Å²) in [6.45, 7) is 4.82. The Morgan fingerprint density at radius 1 is 1.30 bits per heavy atom. The van der Waals surface area contributed by atoms with Crippen LogP contribution in [0.1, 0.15) is 45.1 Å². The van der Waals surface area contributed by atoms with E-state index in [0.717, 1.165) is 37.8 Å². The first kappa shape index (κ1) is 15.0. The number of hydrogen-bond acceptors (Lipinski definition) is 2. The van der Waals surface area contributed by atoms with Gasteiger partial charge in [0.25, 0.3) is 0 Å². The lowest BCUT2D eigenvalue weighted by atomic mass is 9.70. The van der Waals surface area contributed by atoms with Gasteiger partial charge in [-0.05, 0) is 55.7 Å². The first-order chi connectivity index (χ1) is 9.59. The van der Waals surface area contributed by atoms with E-state index >= 15 is 0 Å². The molecule has 0 bridgehead atoms. The van der Waals surface area contributed by atoms with E-state index in [-0.39, 0.29) is 11.3 Å². The van der Waals surface area contributed by atoms with Crippen molar-refractivity contribution < 1.29 is 4.79 Å². The van der Waals surface area contributed by atoms with E-state index in [9.17, 15) is 4.79 Å². The second-order valence-corrected chi connectivity index (χ2v) is 6.17. The van der Waals surface area contributed by atoms with Gasteiger partial charge in [0.1, 0.15) is 0 Å². The molecule has 1 fully saturated rings. The van der Waals surface area contributed by atoms with Crippen LogP contribution in [0.2, 0.25) is 0 Å². The second kappa shape index (κ2) is 6.40. The van der Waals surface area contributed by atoms with Crippen LogP contribution >= 0.6 is 0 Å². The Labute approximate surface area is 121 Å². The van der Waals surface area contributed by atoms with Crippen LogP contribution < -0.4 is 11.1 Å². The van der Waals surface area contributed by atoms with E-state index in [1.54, 1.807) is 0 Å². The van der Waals surface area contributed by atoms with Crippen LogP contribution in [0.4, 0.5) is 5.69 Å². The van der Waals surface area contributed by atoms with Gasteiger partial charge in [-0.25, -0.2) is 0 Å². The second-order valence-electron chi connectivity index (χ2n) is 6.17. The fourth-order valence-corrected chi connectivity index (χ4v) is 2.93. The number of aryl methyl sites for hydroxylation is 1. The van der Waals surface area contributed by atoms with Crippen LogP contribution in [0.15, 0.2) is 24.3 Å². The molecule has 0 spiro atoms. The predicted molar refractivity (Wildman–Crippen MR) is 83.6 cm³/mol. The summed E-state index contributed by atoms with van der Waals surface area (Å²) in [4.78, 5) is 12.6. The molecular formula is C17H26N2O. The Morgan fingerprint density at radius 2 is 1.90 bits per heavy atom. The molecule has 3 N–H and O–H groups in total. The van der Waals surface area contributed by atoms with E-state index in [0.29, 0.717) is 12.5 Å². The molecule has 1 aromatic carbocycles. The maximum Gasteiger partial charge on any atom is 0.231 e. The van der Waals surface area contributed by atoms with Gasteiger partial charge in [0.15, 0.2) is 0 Å². The molecule has 0 aliphatic heterocycles. The van der Waals surface area contributed by atoms with Gasteiger partial charge in [-0.2, -0.15) is 0 Å². The Morgan fingerprint density at radius 3 is 2.40 bits per heavy atom. The molecule has 0 radical (unpaired) electrons. The molecule has 0 atom stereocenters. The number of carbonyl (C=O) groups excluding carboxylic acids is 1. The van der Waals surface area contributed by atoms with Crippen molar-refractivity contribution in [1.29, 1.82) is 0 Å². The van der Waals surface area contributed by atoms with Crippen LogP contribution in [-0.2, 0) is 11.2 Å². The number of benzene rings is 1. The van der Waals surface area contributed by atoms with Crippen LogP contribution in [0.5, 0.6) is 0 Å². The third kappa shape index (κ3) is 3.21. The number of amides is 1. The van der Waals surface area contributed by atoms with E-state index in [1.165, 1.54) is 5.56 Å². The number of hydrogen-bond donors (Lipinski definition) is 2. The lowest BCUT2D eigenvalue weighted by molar-refractivity contribution is -0.127. The summed E-state index contributed by atoms with van der Waals surface area (Å²) in [7, 11) is 0. The number of rotatable bonds is 4. The van der Waals surface area contributed by atoms with Crippen molar-refractivity contribution in [3.05, 3.63) is 29.8 Å². The first-order valence-electron chi connectivity index (χ1n) is 7.70. The summed E-state index contributed by atoms with van der Waals surface area (Å²) in [6, 6.07) is 8.08. The minimum atomic E-state index is -0.365. The average molecular weight is 274 g/mol. The molecule has 3 heteroatoms. The molecule has 0 heterocycles. The van der Waals surface area contributed by atoms with Crippen molar-refractivity contribution in [2.45, 2.75) is 46.0 Å². The van der Waals surface area contributed by atoms with Crippen LogP contribution in [0.3, 0.4) is 0 Å². The van der Waals surface area contributed by atoms with Gasteiger partial charge in [-0.3, -0.25) is 4.79 Å². The Balaban J connectivity index is 2.05. The molecule has 1 amide bonds. The third-order valence-electron chi connectivity index (χ3n) is 4.72. The zero-order valence-corrected chi connectivity index (χ0v) is 12.6. The standard InChI is InChI=1S/C17H26N2O/c1-3-14-4-6-15(7-5-14)19-16(20)17(12-18)10-8-13(2)9-11-17/h4-7,13H,3,8-12,18H2,1-2H3,(H,19,20). The molecule has 0 unspecified atom stereocenters. The SMILES string of the molecule is CCc1ccc(NC(=O)C2(CN)CCC(C)CC2)cc1. The molecule has 0 aromatic heterocycles. The quantitative estimate of drug-likeness (QED) is 0.884. The maximum absolute atomic E-state index is 12.6. The monoisotopic (exact) mass is 274 g/mol. The molecule has 0 saturated heterocycles. The Kier molecular flexibility index (Phi) is 4.81. The number of nitrogens with two attached hydrogens (primary N) is 1. The number of anilines is 1. The zero-order chi connectivity index (χ0) is 14.6. The minimum absolute atomic E-state index is 0.0937. The highest BCUT2D eigenvalue weighted by molar-refractivity contribution is 5.95. The zero-order valence-electron chi connectivity index (χ0n) is 12.6. The van der Waals surface area contributed by atoms with Gasteiger partial charge in [-0.15, -0.1) is 0 Å². The van der Waals surface area contributed by atoms with E-state index < -0.39 is 0 Å². The first-order valence-corrected chi connectivity index (χ1v) is 7.70. The van der Waals surface area contributed by atoms with Crippen LogP contribution in [0, 0.1) is 11.3 Å². The van der Waals surface area contributed by atoms with Gasteiger partial charge >= 0.3 is 0 Å². The molecule has 1 aliphatic carbocycles. The molecule has 1 aromatic rings. The topological polar surface area (TPSA) is 55.1 Å². The molecule has 1 saturated carbocycles. The van der Waals surface area contributed by atoms with Crippen molar-refractivity contribution >= 4 is 11.6 Å². The van der Waals surface area contributed by atoms with Crippen molar-refractivity contribution in [3.63, 3.8) is 0 Å². The van der Waals surface area contributed by atoms with Crippen molar-refractivity contribution in [1.82, 2.24) is 0 Å². The largest absolute Gasteiger partial charge is 0.329 e. The highest BCUT2D eigenvalue weighted by Crippen LogP contribution is 2.39. The highest BCUT2D eigenvalue weighted by atomic mass is 16.2. The summed E-state index contributed by atoms with van der Waals surface area (Å²) in [5, 5.41) is 3.05. The molecular weight excluding hydrogens is 248 g/mol. The Hall–Kier alpha value is -1.35. The van der Waals surface area contributed by atoms with Crippen molar-refractivity contribution in [2.75, 3.05) is 11.9 Å². The fraction of sp³-hybridized carbons (Fsp3) is 0.588. The summed E-state index contributed by atoms with van der Waals surface area (Å²) in [5.74, 6) is 0.808. The lowest BCUT2D eigenvalue weighted by Crippen LogP contribution is -2.44. The third-order valence-corrected chi connectivity index (χ3v) is 4.72. The molecule has 3 nitrogen and oxygen atoms in total. The smallest absolute Gasteiger partial charge is 0.231 e. The Bertz CT molecular complexity index is 445. The van der Waals surface area contributed by atoms with Gasteiger partial charge in [0.2, 0.25) is 5.91 Å². The summed E-state index contributed by atoms with van der Waals surface area (Å²) in [6.07, 6.45) is 5.02. The number of carbonyl (C=O) groups is 1. The van der Waals surface area contributed by atoms with Gasteiger partial charge in [0, 0.05) is 12.2 Å². The van der Waals surface area contributed by atoms with Gasteiger partial charge < -0.3 is 11.1 Å². The molecule has 20 heavy (non-hydrogen) atoms. The average Bonchev–Trinajstić information content (AvgIpc) is 2.49. The lowest BCUT2D eigenvalue weighted by Gasteiger charge is -2.37. The van der Waals surface area contributed by atoms with E-state index in [2.05, 4.69) is 31.3 Å². The highest BCUT2D eigenvalue weighted by Gasteiger charge is 2.39. The summed E-state index contributed by atoms with van der Waals surface area (Å²) < 4.78 is 0. The molecule has 1 aliphatic rings. The maximum atomic E-state index is 12.6. The predicted octanol–water partition coefficient (Wildman–Crippen LogP) is 3.34. The summed E-state index contributed by atoms with van der Waals surface area (Å²) in [5.41, 5.74) is 7.71. The van der Waals surface area contributed by atoms with Crippen LogP contribution in [0.25, 0.3) is 0 Å².